The molecule has 0 aliphatic heterocycles. The van der Waals surface area contributed by atoms with Crippen LogP contribution in [0.1, 0.15) is 12.0 Å². The Labute approximate surface area is 139 Å². The van der Waals surface area contributed by atoms with Gasteiger partial charge in [-0.25, -0.2) is 0 Å². The second-order valence-corrected chi connectivity index (χ2v) is 5.83. The number of ether oxygens (including phenoxy) is 1. The van der Waals surface area contributed by atoms with Gasteiger partial charge >= 0.3 is 0 Å². The fourth-order valence-electron chi connectivity index (χ4n) is 2.06. The predicted octanol–water partition coefficient (Wildman–Crippen LogP) is 4.21. The Morgan fingerprint density at radius 1 is 1.23 bits per heavy atom. The minimum atomic E-state index is -0.0319. The number of anilines is 2. The zero-order chi connectivity index (χ0) is 15.9. The first-order valence-electron chi connectivity index (χ1n) is 7.02. The largest absolute Gasteiger partial charge is 0.497 e. The Hall–Kier alpha value is -2.01. The van der Waals surface area contributed by atoms with E-state index >= 15 is 0 Å². The van der Waals surface area contributed by atoms with E-state index in [2.05, 4.69) is 26.6 Å². The summed E-state index contributed by atoms with van der Waals surface area (Å²) >= 11 is 3.43. The molecule has 0 atom stereocenters. The van der Waals surface area contributed by atoms with Crippen LogP contribution in [0.3, 0.4) is 0 Å². The van der Waals surface area contributed by atoms with E-state index in [0.29, 0.717) is 13.0 Å². The van der Waals surface area contributed by atoms with Crippen LogP contribution in [0.4, 0.5) is 11.4 Å². The minimum absolute atomic E-state index is 0.0319. The number of nitrogens with one attached hydrogen (secondary N) is 2. The fourth-order valence-corrected chi connectivity index (χ4v) is 2.54. The van der Waals surface area contributed by atoms with E-state index in [1.54, 1.807) is 13.2 Å². The van der Waals surface area contributed by atoms with E-state index in [-0.39, 0.29) is 5.91 Å². The summed E-state index contributed by atoms with van der Waals surface area (Å²) in [5, 5.41) is 6.13. The highest BCUT2D eigenvalue weighted by Gasteiger charge is 2.04. The third kappa shape index (κ3) is 4.77. The maximum absolute atomic E-state index is 11.9. The van der Waals surface area contributed by atoms with Gasteiger partial charge in [-0.1, -0.05) is 22.0 Å². The maximum atomic E-state index is 11.9. The Kier molecular flexibility index (Phi) is 5.83. The summed E-state index contributed by atoms with van der Waals surface area (Å²) in [5.74, 6) is 0.692. The van der Waals surface area contributed by atoms with Crippen molar-refractivity contribution in [2.45, 2.75) is 13.3 Å². The molecule has 4 nitrogen and oxygen atoms in total. The Morgan fingerprint density at radius 3 is 2.77 bits per heavy atom. The number of hydrogen-bond donors (Lipinski definition) is 2. The Bertz CT molecular complexity index is 659. The molecule has 0 saturated heterocycles. The summed E-state index contributed by atoms with van der Waals surface area (Å²) in [6, 6.07) is 13.3. The molecule has 0 spiro atoms. The van der Waals surface area contributed by atoms with E-state index in [0.717, 1.165) is 27.2 Å². The van der Waals surface area contributed by atoms with Gasteiger partial charge in [-0.05, 0) is 42.8 Å². The number of rotatable bonds is 6. The van der Waals surface area contributed by atoms with Gasteiger partial charge in [0.25, 0.3) is 0 Å². The number of methoxy groups -OCH3 is 1. The number of carbonyl (C=O) groups is 1. The first-order chi connectivity index (χ1) is 10.6. The number of halogens is 1. The van der Waals surface area contributed by atoms with Crippen molar-refractivity contribution in [3.8, 4) is 5.75 Å². The van der Waals surface area contributed by atoms with Gasteiger partial charge in [0.15, 0.2) is 0 Å². The van der Waals surface area contributed by atoms with Gasteiger partial charge in [0.2, 0.25) is 5.91 Å². The minimum Gasteiger partial charge on any atom is -0.497 e. The van der Waals surface area contributed by atoms with E-state index in [1.807, 2.05) is 43.3 Å². The van der Waals surface area contributed by atoms with E-state index in [1.165, 1.54) is 0 Å². The fraction of sp³-hybridized carbons (Fsp3) is 0.235. The number of hydrogen-bond acceptors (Lipinski definition) is 3. The predicted molar refractivity (Wildman–Crippen MR) is 93.6 cm³/mol. The van der Waals surface area contributed by atoms with Crippen LogP contribution in [0.2, 0.25) is 0 Å². The van der Waals surface area contributed by atoms with Crippen LogP contribution in [0.15, 0.2) is 46.9 Å². The molecular formula is C17H19BrN2O2. The van der Waals surface area contributed by atoms with Crippen molar-refractivity contribution in [3.63, 3.8) is 0 Å². The van der Waals surface area contributed by atoms with Crippen LogP contribution < -0.4 is 15.4 Å². The first kappa shape index (κ1) is 16.4. The molecule has 116 valence electrons. The molecule has 0 saturated carbocycles. The van der Waals surface area contributed by atoms with Gasteiger partial charge in [-0.3, -0.25) is 4.79 Å². The lowest BCUT2D eigenvalue weighted by Gasteiger charge is -2.10. The molecule has 0 aliphatic rings. The van der Waals surface area contributed by atoms with Crippen molar-refractivity contribution in [2.75, 3.05) is 24.3 Å². The summed E-state index contributed by atoms with van der Waals surface area (Å²) in [6.45, 7) is 2.61. The maximum Gasteiger partial charge on any atom is 0.226 e. The number of benzene rings is 2. The summed E-state index contributed by atoms with van der Waals surface area (Å²) in [7, 11) is 1.60. The summed E-state index contributed by atoms with van der Waals surface area (Å²) in [5.41, 5.74) is 2.92. The lowest BCUT2D eigenvalue weighted by Crippen LogP contribution is -2.16. The molecule has 2 aromatic carbocycles. The van der Waals surface area contributed by atoms with E-state index < -0.39 is 0 Å². The average Bonchev–Trinajstić information content (AvgIpc) is 2.49. The van der Waals surface area contributed by atoms with E-state index in [9.17, 15) is 4.79 Å². The van der Waals surface area contributed by atoms with Crippen LogP contribution in [-0.4, -0.2) is 19.6 Å². The molecule has 0 unspecified atom stereocenters. The summed E-state index contributed by atoms with van der Waals surface area (Å²) in [6.07, 6.45) is 0.396. The molecule has 0 fully saturated rings. The molecule has 2 rings (SSSR count). The molecule has 1 amide bonds. The third-order valence-corrected chi connectivity index (χ3v) is 3.70. The van der Waals surface area contributed by atoms with Crippen molar-refractivity contribution >= 4 is 33.2 Å². The molecular weight excluding hydrogens is 344 g/mol. The van der Waals surface area contributed by atoms with Crippen LogP contribution >= 0.6 is 15.9 Å². The smallest absolute Gasteiger partial charge is 0.226 e. The van der Waals surface area contributed by atoms with E-state index in [4.69, 9.17) is 4.74 Å². The van der Waals surface area contributed by atoms with Crippen molar-refractivity contribution in [1.82, 2.24) is 0 Å². The number of carbonyl (C=O) groups excluding carboxylic acids is 1. The Morgan fingerprint density at radius 2 is 2.05 bits per heavy atom. The third-order valence-electron chi connectivity index (χ3n) is 3.21. The van der Waals surface area contributed by atoms with Gasteiger partial charge in [0.1, 0.15) is 5.75 Å². The highest BCUT2D eigenvalue weighted by atomic mass is 79.9. The van der Waals surface area contributed by atoms with Gasteiger partial charge in [-0.2, -0.15) is 0 Å². The van der Waals surface area contributed by atoms with Crippen LogP contribution in [0.5, 0.6) is 5.75 Å². The molecule has 2 N–H and O–H groups in total. The van der Waals surface area contributed by atoms with Crippen molar-refractivity contribution in [1.29, 1.82) is 0 Å². The van der Waals surface area contributed by atoms with Gasteiger partial charge < -0.3 is 15.4 Å². The summed E-state index contributed by atoms with van der Waals surface area (Å²) in [4.78, 5) is 11.9. The lowest BCUT2D eigenvalue weighted by atomic mass is 10.2. The molecule has 5 heteroatoms. The number of amides is 1. The van der Waals surface area contributed by atoms with Crippen molar-refractivity contribution in [3.05, 3.63) is 52.5 Å². The normalized spacial score (nSPS) is 10.1. The summed E-state index contributed by atoms with van der Waals surface area (Å²) < 4.78 is 6.18. The highest BCUT2D eigenvalue weighted by Crippen LogP contribution is 2.20. The van der Waals surface area contributed by atoms with Gasteiger partial charge in [-0.15, -0.1) is 0 Å². The molecule has 0 heterocycles. The monoisotopic (exact) mass is 362 g/mol. The zero-order valence-corrected chi connectivity index (χ0v) is 14.2. The van der Waals surface area contributed by atoms with Crippen LogP contribution in [-0.2, 0) is 4.79 Å². The lowest BCUT2D eigenvalue weighted by molar-refractivity contribution is -0.115. The van der Waals surface area contributed by atoms with Crippen LogP contribution in [0.25, 0.3) is 0 Å². The number of aryl methyl sites for hydroxylation is 1. The molecule has 0 bridgehead atoms. The van der Waals surface area contributed by atoms with Crippen molar-refractivity contribution < 1.29 is 9.53 Å². The quantitative estimate of drug-likeness (QED) is 0.809. The zero-order valence-electron chi connectivity index (χ0n) is 12.7. The first-order valence-corrected chi connectivity index (χ1v) is 7.81. The SMILES string of the molecule is COc1cccc(NC(=O)CCNc2ccc(Br)cc2C)c1. The standard InChI is InChI=1S/C17H19BrN2O2/c1-12-10-13(18)6-7-16(12)19-9-8-17(21)20-14-4-3-5-15(11-14)22-2/h3-7,10-11,19H,8-9H2,1-2H3,(H,20,21). The second kappa shape index (κ2) is 7.84. The van der Waals surface area contributed by atoms with Gasteiger partial charge in [0, 0.05) is 34.9 Å². The second-order valence-electron chi connectivity index (χ2n) is 4.92. The highest BCUT2D eigenvalue weighted by molar-refractivity contribution is 9.10. The Balaban J connectivity index is 1.82. The molecule has 0 aliphatic carbocycles. The van der Waals surface area contributed by atoms with Gasteiger partial charge in [0.05, 0.1) is 7.11 Å². The van der Waals surface area contributed by atoms with Crippen molar-refractivity contribution in [2.24, 2.45) is 0 Å². The molecule has 2 aromatic rings. The molecule has 0 radical (unpaired) electrons. The van der Waals surface area contributed by atoms with Crippen LogP contribution in [0, 0.1) is 6.92 Å². The molecule has 22 heavy (non-hydrogen) atoms. The topological polar surface area (TPSA) is 50.4 Å². The average molecular weight is 363 g/mol. The molecule has 0 aromatic heterocycles.